The Morgan fingerprint density at radius 1 is 1.17 bits per heavy atom. The predicted molar refractivity (Wildman–Crippen MR) is 89.9 cm³/mol. The molecule has 0 heterocycles. The summed E-state index contributed by atoms with van der Waals surface area (Å²) in [6, 6.07) is 5.95. The number of hydrogen-bond donors (Lipinski definition) is 0. The molecule has 0 saturated heterocycles. The van der Waals surface area contributed by atoms with E-state index in [1.165, 1.54) is 12.1 Å². The largest absolute Gasteiger partial charge is 0.445 e. The van der Waals surface area contributed by atoms with E-state index in [-0.39, 0.29) is 17.1 Å². The van der Waals surface area contributed by atoms with Crippen LogP contribution in [0, 0.1) is 6.92 Å². The molecule has 0 atom stereocenters. The maximum Gasteiger partial charge on any atom is 0.445 e. The van der Waals surface area contributed by atoms with Crippen LogP contribution < -0.4 is 0 Å². The van der Waals surface area contributed by atoms with E-state index >= 15 is 0 Å². The van der Waals surface area contributed by atoms with Crippen LogP contribution in [0.15, 0.2) is 40.3 Å². The average Bonchev–Trinajstić information content (AvgIpc) is 2.48. The zero-order valence-corrected chi connectivity index (χ0v) is 15.2. The van der Waals surface area contributed by atoms with Crippen molar-refractivity contribution in [2.45, 2.75) is 56.4 Å². The fourth-order valence-corrected chi connectivity index (χ4v) is 3.34. The molecule has 0 aliphatic rings. The standard InChI is InChI=1S/C16H21F3O3S2/c1-3-4-5-6-7-14(12-23-16(17,18)19)22-24(20,21)15-10-8-13(2)9-11-15/h8-12H,3-7H2,1-2H3. The number of allylic oxidation sites excluding steroid dienone is 1. The molecule has 1 rings (SSSR count). The van der Waals surface area contributed by atoms with E-state index in [4.69, 9.17) is 4.18 Å². The number of aryl methyl sites for hydroxylation is 1. The summed E-state index contributed by atoms with van der Waals surface area (Å²) < 4.78 is 66.5. The van der Waals surface area contributed by atoms with Crippen molar-refractivity contribution in [2.75, 3.05) is 0 Å². The van der Waals surface area contributed by atoms with E-state index < -0.39 is 27.4 Å². The van der Waals surface area contributed by atoms with Gasteiger partial charge >= 0.3 is 15.6 Å². The lowest BCUT2D eigenvalue weighted by molar-refractivity contribution is -0.0320. The molecule has 1 aromatic rings. The van der Waals surface area contributed by atoms with Crippen molar-refractivity contribution < 1.29 is 25.8 Å². The summed E-state index contributed by atoms with van der Waals surface area (Å²) in [5.74, 6) is -0.186. The van der Waals surface area contributed by atoms with Crippen LogP contribution in [0.2, 0.25) is 0 Å². The minimum atomic E-state index is -4.48. The number of halogens is 3. The normalized spacial score (nSPS) is 13.1. The smallest absolute Gasteiger partial charge is 0.383 e. The molecule has 0 aliphatic carbocycles. The van der Waals surface area contributed by atoms with E-state index in [9.17, 15) is 21.6 Å². The second-order valence-corrected chi connectivity index (χ2v) is 7.79. The molecule has 8 heteroatoms. The molecule has 0 N–H and O–H groups in total. The molecule has 0 amide bonds. The van der Waals surface area contributed by atoms with Gasteiger partial charge in [-0.25, -0.2) is 0 Å². The van der Waals surface area contributed by atoms with Crippen LogP contribution in [0.25, 0.3) is 0 Å². The van der Waals surface area contributed by atoms with Crippen LogP contribution in [-0.2, 0) is 14.3 Å². The van der Waals surface area contributed by atoms with Crippen molar-refractivity contribution in [1.82, 2.24) is 0 Å². The summed E-state index contributed by atoms with van der Waals surface area (Å²) in [6.07, 6.45) is 3.43. The SMILES string of the molecule is CCCCCCC(=CSC(F)(F)F)OS(=O)(=O)c1ccc(C)cc1. The van der Waals surface area contributed by atoms with Gasteiger partial charge in [0.25, 0.3) is 0 Å². The highest BCUT2D eigenvalue weighted by Crippen LogP contribution is 2.33. The predicted octanol–water partition coefficient (Wildman–Crippen LogP) is 5.77. The summed E-state index contributed by atoms with van der Waals surface area (Å²) in [6.45, 7) is 3.81. The van der Waals surface area contributed by atoms with Gasteiger partial charge in [0.05, 0.1) is 0 Å². The van der Waals surface area contributed by atoms with Crippen molar-refractivity contribution >= 4 is 21.9 Å². The van der Waals surface area contributed by atoms with Gasteiger partial charge in [0.1, 0.15) is 10.7 Å². The van der Waals surface area contributed by atoms with Gasteiger partial charge in [-0.3, -0.25) is 0 Å². The quantitative estimate of drug-likeness (QED) is 0.309. The number of rotatable bonds is 9. The maximum atomic E-state index is 12.4. The zero-order chi connectivity index (χ0) is 18.2. The molecule has 0 unspecified atom stereocenters. The van der Waals surface area contributed by atoms with E-state index in [0.717, 1.165) is 30.2 Å². The topological polar surface area (TPSA) is 43.4 Å². The minimum Gasteiger partial charge on any atom is -0.383 e. The van der Waals surface area contributed by atoms with Crippen molar-refractivity contribution in [1.29, 1.82) is 0 Å². The lowest BCUT2D eigenvalue weighted by Gasteiger charge is -2.11. The molecule has 0 bridgehead atoms. The first-order valence-electron chi connectivity index (χ1n) is 7.59. The zero-order valence-electron chi connectivity index (χ0n) is 13.6. The Labute approximate surface area is 145 Å². The molecule has 0 radical (unpaired) electrons. The third-order valence-electron chi connectivity index (χ3n) is 3.13. The van der Waals surface area contributed by atoms with E-state index in [0.29, 0.717) is 6.42 Å². The van der Waals surface area contributed by atoms with Gasteiger partial charge in [-0.05, 0) is 37.2 Å². The molecule has 3 nitrogen and oxygen atoms in total. The molecule has 0 aromatic heterocycles. The maximum absolute atomic E-state index is 12.4. The first-order chi connectivity index (χ1) is 11.1. The lowest BCUT2D eigenvalue weighted by Crippen LogP contribution is -2.07. The summed E-state index contributed by atoms with van der Waals surface area (Å²) in [7, 11) is -4.14. The number of thioether (sulfide) groups is 1. The molecule has 0 aliphatic heterocycles. The fraction of sp³-hybridized carbons (Fsp3) is 0.500. The molecule has 136 valence electrons. The van der Waals surface area contributed by atoms with Gasteiger partial charge in [-0.2, -0.15) is 21.6 Å². The Balaban J connectivity index is 2.87. The van der Waals surface area contributed by atoms with Crippen LogP contribution in [0.1, 0.15) is 44.6 Å². The van der Waals surface area contributed by atoms with Crippen molar-refractivity contribution in [3.05, 3.63) is 41.0 Å². The first kappa shape index (κ1) is 20.9. The highest BCUT2D eigenvalue weighted by molar-refractivity contribution is 8.03. The second kappa shape index (κ2) is 9.36. The van der Waals surface area contributed by atoms with Crippen molar-refractivity contribution in [2.24, 2.45) is 0 Å². The first-order valence-corrected chi connectivity index (χ1v) is 9.87. The average molecular weight is 382 g/mol. The Morgan fingerprint density at radius 2 is 1.79 bits per heavy atom. The summed E-state index contributed by atoms with van der Waals surface area (Å²) >= 11 is -0.408. The third kappa shape index (κ3) is 8.10. The van der Waals surface area contributed by atoms with E-state index in [2.05, 4.69) is 0 Å². The van der Waals surface area contributed by atoms with Gasteiger partial charge < -0.3 is 4.18 Å². The van der Waals surface area contributed by atoms with E-state index in [1.54, 1.807) is 19.1 Å². The van der Waals surface area contributed by atoms with Gasteiger partial charge in [0.2, 0.25) is 0 Å². The molecular weight excluding hydrogens is 361 g/mol. The second-order valence-electron chi connectivity index (χ2n) is 5.31. The molecule has 0 spiro atoms. The highest BCUT2D eigenvalue weighted by Gasteiger charge is 2.28. The van der Waals surface area contributed by atoms with Crippen molar-refractivity contribution in [3.63, 3.8) is 0 Å². The molecule has 0 fully saturated rings. The number of benzene rings is 1. The van der Waals surface area contributed by atoms with Crippen LogP contribution in [0.5, 0.6) is 0 Å². The van der Waals surface area contributed by atoms with Crippen LogP contribution in [0.3, 0.4) is 0 Å². The number of alkyl halides is 3. The van der Waals surface area contributed by atoms with Gasteiger partial charge in [0, 0.05) is 11.8 Å². The van der Waals surface area contributed by atoms with Gasteiger partial charge in [-0.15, -0.1) is 0 Å². The minimum absolute atomic E-state index is 0.0791. The van der Waals surface area contributed by atoms with E-state index in [1.807, 2.05) is 6.92 Å². The Bertz CT molecular complexity index is 636. The highest BCUT2D eigenvalue weighted by atomic mass is 32.2. The van der Waals surface area contributed by atoms with Crippen LogP contribution in [-0.4, -0.2) is 13.9 Å². The summed E-state index contributed by atoms with van der Waals surface area (Å²) in [5.41, 5.74) is -3.61. The van der Waals surface area contributed by atoms with Crippen LogP contribution in [0.4, 0.5) is 13.2 Å². The molecular formula is C16H21F3O3S2. The third-order valence-corrected chi connectivity index (χ3v) is 5.06. The Hall–Kier alpha value is -1.15. The molecule has 1 aromatic carbocycles. The summed E-state index contributed by atoms with van der Waals surface area (Å²) in [5, 5.41) is 0.734. The van der Waals surface area contributed by atoms with Crippen molar-refractivity contribution in [3.8, 4) is 0 Å². The number of unbranched alkanes of at least 4 members (excludes halogenated alkanes) is 3. The fourth-order valence-electron chi connectivity index (χ4n) is 1.87. The summed E-state index contributed by atoms with van der Waals surface area (Å²) in [4.78, 5) is -0.0791. The lowest BCUT2D eigenvalue weighted by atomic mass is 10.1. The molecule has 24 heavy (non-hydrogen) atoms. The Morgan fingerprint density at radius 3 is 2.33 bits per heavy atom. The molecule has 0 saturated carbocycles. The Kier molecular flexibility index (Phi) is 8.15. The van der Waals surface area contributed by atoms with Gasteiger partial charge in [0.15, 0.2) is 0 Å². The van der Waals surface area contributed by atoms with Gasteiger partial charge in [-0.1, -0.05) is 43.9 Å². The number of hydrogen-bond acceptors (Lipinski definition) is 4. The monoisotopic (exact) mass is 382 g/mol. The van der Waals surface area contributed by atoms with Crippen LogP contribution >= 0.6 is 11.8 Å².